The van der Waals surface area contributed by atoms with Crippen molar-refractivity contribution in [1.82, 2.24) is 5.32 Å². The van der Waals surface area contributed by atoms with E-state index in [0.29, 0.717) is 12.5 Å². The molecule has 0 aliphatic heterocycles. The molecule has 0 saturated heterocycles. The first-order chi connectivity index (χ1) is 6.64. The molecule has 4 nitrogen and oxygen atoms in total. The summed E-state index contributed by atoms with van der Waals surface area (Å²) in [5.41, 5.74) is 5.52. The highest BCUT2D eigenvalue weighted by Gasteiger charge is 2.38. The van der Waals surface area contributed by atoms with Crippen molar-refractivity contribution in [2.45, 2.75) is 38.1 Å². The molecule has 0 spiro atoms. The summed E-state index contributed by atoms with van der Waals surface area (Å²) in [6.45, 7) is 2.63. The van der Waals surface area contributed by atoms with E-state index in [9.17, 15) is 4.79 Å². The van der Waals surface area contributed by atoms with Gasteiger partial charge in [-0.2, -0.15) is 0 Å². The number of hydrogen-bond acceptors (Lipinski definition) is 3. The fourth-order valence-corrected chi connectivity index (χ4v) is 2.21. The van der Waals surface area contributed by atoms with Gasteiger partial charge in [-0.25, -0.2) is 4.79 Å². The van der Waals surface area contributed by atoms with Crippen LogP contribution in [0, 0.1) is 5.92 Å². The summed E-state index contributed by atoms with van der Waals surface area (Å²) in [4.78, 5) is 11.2. The number of alkyl carbamates (subject to hydrolysis) is 1. The van der Waals surface area contributed by atoms with Crippen LogP contribution < -0.4 is 11.1 Å². The van der Waals surface area contributed by atoms with Crippen molar-refractivity contribution < 1.29 is 9.53 Å². The highest BCUT2D eigenvalue weighted by atomic mass is 16.5. The average Bonchev–Trinajstić information content (AvgIpc) is 2.21. The molecule has 1 amide bonds. The summed E-state index contributed by atoms with van der Waals surface area (Å²) in [5.74, 6) is 0.431. The number of hydrogen-bond donors (Lipinski definition) is 2. The summed E-state index contributed by atoms with van der Waals surface area (Å²) < 4.78 is 4.62. The molecule has 1 fully saturated rings. The molecule has 1 rings (SSSR count). The summed E-state index contributed by atoms with van der Waals surface area (Å²) in [7, 11) is 1.38. The predicted octanol–water partition coefficient (Wildman–Crippen LogP) is 1.25. The van der Waals surface area contributed by atoms with Crippen molar-refractivity contribution in [2.24, 2.45) is 11.7 Å². The van der Waals surface area contributed by atoms with Crippen molar-refractivity contribution in [2.75, 3.05) is 13.7 Å². The van der Waals surface area contributed by atoms with Crippen molar-refractivity contribution in [3.8, 4) is 0 Å². The van der Waals surface area contributed by atoms with Gasteiger partial charge in [0.15, 0.2) is 0 Å². The molecule has 1 saturated carbocycles. The average molecular weight is 200 g/mol. The lowest BCUT2D eigenvalue weighted by atomic mass is 9.74. The lowest BCUT2D eigenvalue weighted by Crippen LogP contribution is -2.59. The van der Waals surface area contributed by atoms with E-state index in [0.717, 1.165) is 19.3 Å². The number of methoxy groups -OCH3 is 1. The molecule has 0 aromatic rings. The van der Waals surface area contributed by atoms with Crippen LogP contribution in [0.4, 0.5) is 4.79 Å². The van der Waals surface area contributed by atoms with E-state index < -0.39 is 0 Å². The molecular formula is C10H20N2O2. The summed E-state index contributed by atoms with van der Waals surface area (Å²) in [6, 6.07) is 0. The summed E-state index contributed by atoms with van der Waals surface area (Å²) in [5, 5.41) is 2.90. The molecule has 0 aromatic carbocycles. The van der Waals surface area contributed by atoms with Gasteiger partial charge in [0.25, 0.3) is 0 Å². The molecule has 1 aliphatic rings. The zero-order valence-electron chi connectivity index (χ0n) is 9.01. The smallest absolute Gasteiger partial charge is 0.407 e. The van der Waals surface area contributed by atoms with E-state index in [2.05, 4.69) is 17.0 Å². The molecule has 82 valence electrons. The predicted molar refractivity (Wildman–Crippen MR) is 55.0 cm³/mol. The van der Waals surface area contributed by atoms with Gasteiger partial charge in [0.2, 0.25) is 0 Å². The van der Waals surface area contributed by atoms with Gasteiger partial charge in [0, 0.05) is 6.54 Å². The van der Waals surface area contributed by atoms with E-state index in [1.807, 2.05) is 0 Å². The van der Waals surface area contributed by atoms with Gasteiger partial charge in [-0.15, -0.1) is 0 Å². The molecule has 0 heterocycles. The van der Waals surface area contributed by atoms with Crippen molar-refractivity contribution in [1.29, 1.82) is 0 Å². The topological polar surface area (TPSA) is 64.3 Å². The van der Waals surface area contributed by atoms with E-state index in [4.69, 9.17) is 5.73 Å². The molecule has 1 aliphatic carbocycles. The van der Waals surface area contributed by atoms with Crippen molar-refractivity contribution in [3.63, 3.8) is 0 Å². The standard InChI is InChI=1S/C10H20N2O2/c1-8-5-3-4-6-10(8,7-11)12-9(13)14-2/h8H,3-7,11H2,1-2H3,(H,12,13). The van der Waals surface area contributed by atoms with Gasteiger partial charge >= 0.3 is 6.09 Å². The molecule has 0 radical (unpaired) electrons. The third kappa shape index (κ3) is 2.18. The maximum atomic E-state index is 11.2. The van der Waals surface area contributed by atoms with Crippen LogP contribution in [0.15, 0.2) is 0 Å². The maximum Gasteiger partial charge on any atom is 0.407 e. The van der Waals surface area contributed by atoms with Gasteiger partial charge in [-0.1, -0.05) is 19.8 Å². The van der Waals surface area contributed by atoms with Crippen LogP contribution in [0.2, 0.25) is 0 Å². The quantitative estimate of drug-likeness (QED) is 0.705. The molecule has 3 N–H and O–H groups in total. The molecule has 2 atom stereocenters. The number of carbonyl (C=O) groups is 1. The van der Waals surface area contributed by atoms with Crippen LogP contribution >= 0.6 is 0 Å². The Balaban J connectivity index is 2.67. The Labute approximate surface area is 85.2 Å². The molecule has 0 aromatic heterocycles. The Morgan fingerprint density at radius 3 is 2.86 bits per heavy atom. The minimum atomic E-state index is -0.371. The second kappa shape index (κ2) is 4.64. The van der Waals surface area contributed by atoms with Crippen molar-refractivity contribution in [3.05, 3.63) is 0 Å². The Hall–Kier alpha value is -0.770. The Bertz CT molecular complexity index is 208. The second-order valence-corrected chi connectivity index (χ2v) is 4.12. The molecule has 14 heavy (non-hydrogen) atoms. The lowest BCUT2D eigenvalue weighted by Gasteiger charge is -2.42. The zero-order chi connectivity index (χ0) is 10.6. The van der Waals surface area contributed by atoms with Crippen molar-refractivity contribution >= 4 is 6.09 Å². The maximum absolute atomic E-state index is 11.2. The Morgan fingerprint density at radius 2 is 2.36 bits per heavy atom. The van der Waals surface area contributed by atoms with Gasteiger partial charge in [0.05, 0.1) is 12.6 Å². The first-order valence-electron chi connectivity index (χ1n) is 5.21. The van der Waals surface area contributed by atoms with Gasteiger partial charge in [0.1, 0.15) is 0 Å². The number of ether oxygens (including phenoxy) is 1. The van der Waals surface area contributed by atoms with Crippen LogP contribution in [-0.2, 0) is 4.74 Å². The van der Waals surface area contributed by atoms with E-state index in [1.165, 1.54) is 13.5 Å². The van der Waals surface area contributed by atoms with Gasteiger partial charge in [-0.3, -0.25) is 0 Å². The first-order valence-corrected chi connectivity index (χ1v) is 5.21. The van der Waals surface area contributed by atoms with E-state index in [1.54, 1.807) is 0 Å². The third-order valence-corrected chi connectivity index (χ3v) is 3.35. The molecule has 2 unspecified atom stereocenters. The SMILES string of the molecule is COC(=O)NC1(CN)CCCCC1C. The highest BCUT2D eigenvalue weighted by molar-refractivity contribution is 5.68. The largest absolute Gasteiger partial charge is 0.453 e. The molecule has 0 bridgehead atoms. The normalized spacial score (nSPS) is 32.4. The first kappa shape index (κ1) is 11.3. The van der Waals surface area contributed by atoms with Gasteiger partial charge in [-0.05, 0) is 18.8 Å². The van der Waals surface area contributed by atoms with E-state index in [-0.39, 0.29) is 11.6 Å². The Morgan fingerprint density at radius 1 is 1.64 bits per heavy atom. The summed E-state index contributed by atoms with van der Waals surface area (Å²) >= 11 is 0. The Kier molecular flexibility index (Phi) is 3.75. The van der Waals surface area contributed by atoms with Crippen LogP contribution in [0.1, 0.15) is 32.6 Å². The van der Waals surface area contributed by atoms with Crippen LogP contribution in [0.3, 0.4) is 0 Å². The summed E-state index contributed by atoms with van der Waals surface area (Å²) in [6.07, 6.45) is 4.07. The number of rotatable bonds is 2. The number of nitrogens with one attached hydrogen (secondary N) is 1. The monoisotopic (exact) mass is 200 g/mol. The van der Waals surface area contributed by atoms with Crippen LogP contribution in [0.5, 0.6) is 0 Å². The molecule has 4 heteroatoms. The number of amides is 1. The fourth-order valence-electron chi connectivity index (χ4n) is 2.21. The van der Waals surface area contributed by atoms with Crippen LogP contribution in [-0.4, -0.2) is 25.3 Å². The third-order valence-electron chi connectivity index (χ3n) is 3.35. The lowest BCUT2D eigenvalue weighted by molar-refractivity contribution is 0.122. The number of nitrogens with two attached hydrogens (primary N) is 1. The fraction of sp³-hybridized carbons (Fsp3) is 0.900. The van der Waals surface area contributed by atoms with E-state index >= 15 is 0 Å². The van der Waals surface area contributed by atoms with Gasteiger partial charge < -0.3 is 15.8 Å². The minimum Gasteiger partial charge on any atom is -0.453 e. The highest BCUT2D eigenvalue weighted by Crippen LogP contribution is 2.32. The molecular weight excluding hydrogens is 180 g/mol. The second-order valence-electron chi connectivity index (χ2n) is 4.12. The minimum absolute atomic E-state index is 0.245. The van der Waals surface area contributed by atoms with Crippen LogP contribution in [0.25, 0.3) is 0 Å². The number of carbonyl (C=O) groups excluding carboxylic acids is 1. The zero-order valence-corrected chi connectivity index (χ0v) is 9.01.